The summed E-state index contributed by atoms with van der Waals surface area (Å²) in [6, 6.07) is 2.03. The van der Waals surface area contributed by atoms with Crippen molar-refractivity contribution in [3.63, 3.8) is 0 Å². The van der Waals surface area contributed by atoms with Crippen molar-refractivity contribution in [2.24, 2.45) is 5.92 Å². The maximum absolute atomic E-state index is 9.89. The van der Waals surface area contributed by atoms with E-state index in [1.165, 1.54) is 4.88 Å². The molecule has 1 aromatic heterocycles. The number of thiophene rings is 1. The predicted molar refractivity (Wildman–Crippen MR) is 66.2 cm³/mol. The number of thioether (sulfide) groups is 1. The molecule has 0 aliphatic heterocycles. The summed E-state index contributed by atoms with van der Waals surface area (Å²) in [4.78, 5) is 1.24. The Morgan fingerprint density at radius 3 is 2.64 bits per heavy atom. The Bertz CT molecular complexity index is 268. The van der Waals surface area contributed by atoms with E-state index in [-0.39, 0.29) is 6.10 Å². The highest BCUT2D eigenvalue weighted by Crippen LogP contribution is 2.25. The summed E-state index contributed by atoms with van der Waals surface area (Å²) in [5.74, 6) is 2.64. The predicted octanol–water partition coefficient (Wildman–Crippen LogP) is 3.48. The molecule has 0 aliphatic carbocycles. The lowest BCUT2D eigenvalue weighted by Gasteiger charge is -2.11. The van der Waals surface area contributed by atoms with Crippen LogP contribution in [0.5, 0.6) is 0 Å². The van der Waals surface area contributed by atoms with Crippen LogP contribution in [0.2, 0.25) is 0 Å². The van der Waals surface area contributed by atoms with Crippen molar-refractivity contribution >= 4 is 23.1 Å². The summed E-state index contributed by atoms with van der Waals surface area (Å²) in [7, 11) is 0. The van der Waals surface area contributed by atoms with E-state index in [2.05, 4.69) is 20.8 Å². The van der Waals surface area contributed by atoms with E-state index in [0.29, 0.717) is 5.92 Å². The molecule has 0 bridgehead atoms. The van der Waals surface area contributed by atoms with Gasteiger partial charge in [0, 0.05) is 10.6 Å². The first-order valence-electron chi connectivity index (χ1n) is 4.91. The molecular formula is C11H18OS2. The van der Waals surface area contributed by atoms with E-state index in [4.69, 9.17) is 0 Å². The van der Waals surface area contributed by atoms with Crippen LogP contribution >= 0.6 is 23.1 Å². The lowest BCUT2D eigenvalue weighted by atomic mass is 10.2. The molecule has 0 spiro atoms. The van der Waals surface area contributed by atoms with Crippen LogP contribution in [-0.2, 0) is 0 Å². The van der Waals surface area contributed by atoms with Gasteiger partial charge in [-0.3, -0.25) is 0 Å². The van der Waals surface area contributed by atoms with Crippen LogP contribution in [0.1, 0.15) is 30.4 Å². The van der Waals surface area contributed by atoms with Gasteiger partial charge in [-0.15, -0.1) is 11.3 Å². The lowest BCUT2D eigenvalue weighted by Crippen LogP contribution is -2.02. The lowest BCUT2D eigenvalue weighted by molar-refractivity contribution is 0.204. The van der Waals surface area contributed by atoms with Crippen molar-refractivity contribution in [3.8, 4) is 0 Å². The van der Waals surface area contributed by atoms with Gasteiger partial charge < -0.3 is 5.11 Å². The van der Waals surface area contributed by atoms with Crippen LogP contribution in [-0.4, -0.2) is 16.6 Å². The summed E-state index contributed by atoms with van der Waals surface area (Å²) in [5.41, 5.74) is 1.10. The smallest absolute Gasteiger partial charge is 0.0891 e. The highest BCUT2D eigenvalue weighted by Gasteiger charge is 2.11. The summed E-state index contributed by atoms with van der Waals surface area (Å²) in [6.07, 6.45) is -0.287. The van der Waals surface area contributed by atoms with Gasteiger partial charge in [0.2, 0.25) is 0 Å². The number of hydrogen-bond acceptors (Lipinski definition) is 3. The Hall–Kier alpha value is 0.01000. The van der Waals surface area contributed by atoms with Gasteiger partial charge in [-0.25, -0.2) is 0 Å². The zero-order valence-electron chi connectivity index (χ0n) is 8.99. The standard InChI is InChI=1S/C11H18OS2/c1-8(2)6-13-7-11(12)10-4-5-14-9(10)3/h4-5,8,11-12H,6-7H2,1-3H3. The zero-order chi connectivity index (χ0) is 10.6. The van der Waals surface area contributed by atoms with Crippen molar-refractivity contribution in [3.05, 3.63) is 21.9 Å². The van der Waals surface area contributed by atoms with Crippen LogP contribution in [0, 0.1) is 12.8 Å². The van der Waals surface area contributed by atoms with Crippen molar-refractivity contribution in [1.29, 1.82) is 0 Å². The normalized spacial score (nSPS) is 13.5. The number of aliphatic hydroxyl groups is 1. The number of aliphatic hydroxyl groups excluding tert-OH is 1. The molecule has 0 saturated carbocycles. The van der Waals surface area contributed by atoms with Gasteiger partial charge in [0.1, 0.15) is 0 Å². The monoisotopic (exact) mass is 230 g/mol. The quantitative estimate of drug-likeness (QED) is 0.835. The number of rotatable bonds is 5. The molecule has 0 aromatic carbocycles. The molecule has 0 fully saturated rings. The fraction of sp³-hybridized carbons (Fsp3) is 0.636. The second kappa shape index (κ2) is 5.79. The highest BCUT2D eigenvalue weighted by atomic mass is 32.2. The molecule has 0 radical (unpaired) electrons. The van der Waals surface area contributed by atoms with Crippen molar-refractivity contribution in [2.45, 2.75) is 26.9 Å². The van der Waals surface area contributed by atoms with Gasteiger partial charge in [0.25, 0.3) is 0 Å². The van der Waals surface area contributed by atoms with E-state index in [9.17, 15) is 5.11 Å². The second-order valence-corrected chi connectivity index (χ2v) is 6.07. The first-order valence-corrected chi connectivity index (χ1v) is 6.94. The maximum Gasteiger partial charge on any atom is 0.0891 e. The van der Waals surface area contributed by atoms with Crippen molar-refractivity contribution < 1.29 is 5.11 Å². The summed E-state index contributed by atoms with van der Waals surface area (Å²) in [5, 5.41) is 11.9. The van der Waals surface area contributed by atoms with Crippen LogP contribution in [0.4, 0.5) is 0 Å². The third-order valence-corrected chi connectivity index (χ3v) is 4.30. The Morgan fingerprint density at radius 1 is 1.43 bits per heavy atom. The van der Waals surface area contributed by atoms with Crippen LogP contribution in [0.15, 0.2) is 11.4 Å². The minimum Gasteiger partial charge on any atom is -0.388 e. The molecule has 0 aliphatic rings. The molecule has 80 valence electrons. The van der Waals surface area contributed by atoms with E-state index < -0.39 is 0 Å². The fourth-order valence-corrected chi connectivity index (χ4v) is 3.01. The molecule has 1 rings (SSSR count). The molecule has 0 amide bonds. The fourth-order valence-electron chi connectivity index (χ4n) is 1.25. The van der Waals surface area contributed by atoms with E-state index >= 15 is 0 Å². The van der Waals surface area contributed by atoms with Gasteiger partial charge in [0.15, 0.2) is 0 Å². The van der Waals surface area contributed by atoms with Crippen LogP contribution in [0.3, 0.4) is 0 Å². The van der Waals surface area contributed by atoms with E-state index in [1.807, 2.05) is 23.2 Å². The second-order valence-electron chi connectivity index (χ2n) is 3.88. The first-order chi connectivity index (χ1) is 6.61. The SMILES string of the molecule is Cc1sccc1C(O)CSCC(C)C. The van der Waals surface area contributed by atoms with Gasteiger partial charge in [-0.05, 0) is 35.6 Å². The molecular weight excluding hydrogens is 212 g/mol. The molecule has 1 aromatic rings. The molecule has 1 heterocycles. The third kappa shape index (κ3) is 3.64. The Balaban J connectivity index is 2.36. The van der Waals surface area contributed by atoms with E-state index in [0.717, 1.165) is 17.1 Å². The average molecular weight is 230 g/mol. The Morgan fingerprint density at radius 2 is 2.14 bits per heavy atom. The molecule has 0 saturated heterocycles. The number of aryl methyl sites for hydroxylation is 1. The summed E-state index contributed by atoms with van der Waals surface area (Å²) in [6.45, 7) is 6.47. The summed E-state index contributed by atoms with van der Waals surface area (Å²) < 4.78 is 0. The largest absolute Gasteiger partial charge is 0.388 e. The van der Waals surface area contributed by atoms with Gasteiger partial charge in [0.05, 0.1) is 6.10 Å². The van der Waals surface area contributed by atoms with Crippen LogP contribution < -0.4 is 0 Å². The molecule has 1 nitrogen and oxygen atoms in total. The molecule has 1 atom stereocenters. The van der Waals surface area contributed by atoms with E-state index in [1.54, 1.807) is 11.3 Å². The van der Waals surface area contributed by atoms with Gasteiger partial charge in [-0.2, -0.15) is 11.8 Å². The van der Waals surface area contributed by atoms with Crippen LogP contribution in [0.25, 0.3) is 0 Å². The molecule has 14 heavy (non-hydrogen) atoms. The number of hydrogen-bond donors (Lipinski definition) is 1. The van der Waals surface area contributed by atoms with Crippen molar-refractivity contribution in [2.75, 3.05) is 11.5 Å². The van der Waals surface area contributed by atoms with Gasteiger partial charge >= 0.3 is 0 Å². The highest BCUT2D eigenvalue weighted by molar-refractivity contribution is 7.99. The maximum atomic E-state index is 9.89. The minimum atomic E-state index is -0.287. The molecule has 1 unspecified atom stereocenters. The first kappa shape index (κ1) is 12.1. The Labute approximate surface area is 94.5 Å². The summed E-state index contributed by atoms with van der Waals surface area (Å²) >= 11 is 3.53. The van der Waals surface area contributed by atoms with Gasteiger partial charge in [-0.1, -0.05) is 13.8 Å². The van der Waals surface area contributed by atoms with Crippen molar-refractivity contribution in [1.82, 2.24) is 0 Å². The zero-order valence-corrected chi connectivity index (χ0v) is 10.6. The Kier molecular flexibility index (Phi) is 4.99. The molecule has 1 N–H and O–H groups in total. The minimum absolute atomic E-state index is 0.287. The topological polar surface area (TPSA) is 20.2 Å². The molecule has 3 heteroatoms. The average Bonchev–Trinajstić information content (AvgIpc) is 2.50. The third-order valence-electron chi connectivity index (χ3n) is 1.98.